The molecule has 16 heavy (non-hydrogen) atoms. The number of rotatable bonds is 2. The predicted octanol–water partition coefficient (Wildman–Crippen LogP) is 3.45. The number of hydrogen-bond donors (Lipinski definition) is 1. The average Bonchev–Trinajstić information content (AvgIpc) is 2.32. The van der Waals surface area contributed by atoms with Crippen molar-refractivity contribution in [2.45, 2.75) is 6.92 Å². The van der Waals surface area contributed by atoms with Gasteiger partial charge in [0.2, 0.25) is 0 Å². The van der Waals surface area contributed by atoms with Gasteiger partial charge in [-0.15, -0.1) is 0 Å². The van der Waals surface area contributed by atoms with Gasteiger partial charge in [-0.25, -0.2) is 0 Å². The molecule has 2 nitrogen and oxygen atoms in total. The molecule has 2 rings (SSSR count). The monoisotopic (exact) mass is 211 g/mol. The first-order valence-corrected chi connectivity index (χ1v) is 5.14. The van der Waals surface area contributed by atoms with Crippen molar-refractivity contribution in [2.24, 2.45) is 4.99 Å². The van der Waals surface area contributed by atoms with Gasteiger partial charge in [0.1, 0.15) is 5.75 Å². The molecule has 0 amide bonds. The fourth-order valence-electron chi connectivity index (χ4n) is 1.37. The number of benzene rings is 2. The minimum atomic E-state index is 0.280. The topological polar surface area (TPSA) is 32.6 Å². The first-order valence-electron chi connectivity index (χ1n) is 5.14. The van der Waals surface area contributed by atoms with E-state index in [0.29, 0.717) is 0 Å². The maximum Gasteiger partial charge on any atom is 0.120 e. The van der Waals surface area contributed by atoms with Crippen molar-refractivity contribution >= 4 is 11.9 Å². The van der Waals surface area contributed by atoms with E-state index >= 15 is 0 Å². The zero-order valence-corrected chi connectivity index (χ0v) is 9.09. The second-order valence-electron chi connectivity index (χ2n) is 3.64. The molecule has 0 saturated heterocycles. The molecule has 0 aliphatic heterocycles. The van der Waals surface area contributed by atoms with Crippen molar-refractivity contribution in [3.8, 4) is 5.75 Å². The first kappa shape index (κ1) is 10.4. The lowest BCUT2D eigenvalue weighted by molar-refractivity contribution is 0.471. The van der Waals surface area contributed by atoms with Crippen LogP contribution in [0.25, 0.3) is 0 Å². The maximum absolute atomic E-state index is 9.52. The highest BCUT2D eigenvalue weighted by atomic mass is 16.3. The molecule has 0 fully saturated rings. The van der Waals surface area contributed by atoms with E-state index in [-0.39, 0.29) is 5.75 Å². The molecule has 0 aliphatic carbocycles. The highest BCUT2D eigenvalue weighted by molar-refractivity contribution is 5.81. The third-order valence-corrected chi connectivity index (χ3v) is 2.35. The Hall–Kier alpha value is -2.09. The Balaban J connectivity index is 2.21. The summed E-state index contributed by atoms with van der Waals surface area (Å²) in [7, 11) is 0. The fourth-order valence-corrected chi connectivity index (χ4v) is 1.37. The molecular weight excluding hydrogens is 198 g/mol. The molecule has 0 unspecified atom stereocenters. The van der Waals surface area contributed by atoms with Gasteiger partial charge in [0.05, 0.1) is 5.69 Å². The number of phenols is 1. The van der Waals surface area contributed by atoms with Crippen LogP contribution in [0.15, 0.2) is 53.5 Å². The van der Waals surface area contributed by atoms with Crippen molar-refractivity contribution in [1.82, 2.24) is 0 Å². The van der Waals surface area contributed by atoms with Gasteiger partial charge in [0.15, 0.2) is 0 Å². The summed E-state index contributed by atoms with van der Waals surface area (Å²) in [6.07, 6.45) is 1.78. The molecule has 0 aliphatic rings. The van der Waals surface area contributed by atoms with Crippen molar-refractivity contribution in [1.29, 1.82) is 0 Å². The van der Waals surface area contributed by atoms with Crippen LogP contribution in [-0.2, 0) is 0 Å². The lowest BCUT2D eigenvalue weighted by Crippen LogP contribution is -1.78. The van der Waals surface area contributed by atoms with E-state index in [1.807, 2.05) is 49.4 Å². The van der Waals surface area contributed by atoms with E-state index in [1.165, 1.54) is 0 Å². The Kier molecular flexibility index (Phi) is 3.01. The summed E-state index contributed by atoms with van der Waals surface area (Å²) >= 11 is 0. The van der Waals surface area contributed by atoms with Crippen LogP contribution in [0, 0.1) is 6.92 Å². The van der Waals surface area contributed by atoms with Gasteiger partial charge in [-0.05, 0) is 24.1 Å². The highest BCUT2D eigenvalue weighted by Gasteiger charge is 1.95. The average molecular weight is 211 g/mol. The van der Waals surface area contributed by atoms with Crippen LogP contribution in [0.5, 0.6) is 5.75 Å². The zero-order valence-electron chi connectivity index (χ0n) is 9.09. The van der Waals surface area contributed by atoms with E-state index in [9.17, 15) is 5.11 Å². The smallest absolute Gasteiger partial charge is 0.120 e. The molecule has 0 heterocycles. The molecule has 2 aromatic rings. The standard InChI is InChI=1S/C14H13NO/c1-11-7-8-13(9-14(11)16)15-10-12-5-3-2-4-6-12/h2-10,16H,1H3. The van der Waals surface area contributed by atoms with E-state index in [2.05, 4.69) is 4.99 Å². The second kappa shape index (κ2) is 4.62. The van der Waals surface area contributed by atoms with E-state index in [0.717, 1.165) is 16.8 Å². The lowest BCUT2D eigenvalue weighted by atomic mass is 10.2. The normalized spacial score (nSPS) is 10.8. The number of aromatic hydroxyl groups is 1. The zero-order chi connectivity index (χ0) is 11.4. The second-order valence-corrected chi connectivity index (χ2v) is 3.64. The van der Waals surface area contributed by atoms with Gasteiger partial charge in [-0.3, -0.25) is 4.99 Å². The number of phenolic OH excluding ortho intramolecular Hbond substituents is 1. The van der Waals surface area contributed by atoms with Gasteiger partial charge >= 0.3 is 0 Å². The van der Waals surface area contributed by atoms with E-state index < -0.39 is 0 Å². The summed E-state index contributed by atoms with van der Waals surface area (Å²) in [5.74, 6) is 0.280. The predicted molar refractivity (Wildman–Crippen MR) is 66.5 cm³/mol. The third-order valence-electron chi connectivity index (χ3n) is 2.35. The van der Waals surface area contributed by atoms with E-state index in [4.69, 9.17) is 0 Å². The number of nitrogens with zero attached hydrogens (tertiary/aromatic N) is 1. The van der Waals surface area contributed by atoms with Crippen molar-refractivity contribution in [3.05, 3.63) is 59.7 Å². The molecule has 0 aromatic heterocycles. The van der Waals surface area contributed by atoms with Crippen molar-refractivity contribution in [3.63, 3.8) is 0 Å². The lowest BCUT2D eigenvalue weighted by Gasteiger charge is -1.99. The molecule has 0 atom stereocenters. The molecule has 2 aromatic carbocycles. The number of aryl methyl sites for hydroxylation is 1. The van der Waals surface area contributed by atoms with Gasteiger partial charge in [0, 0.05) is 12.3 Å². The Morgan fingerprint density at radius 3 is 2.50 bits per heavy atom. The summed E-state index contributed by atoms with van der Waals surface area (Å²) in [5.41, 5.74) is 2.66. The van der Waals surface area contributed by atoms with Crippen LogP contribution >= 0.6 is 0 Å². The molecule has 80 valence electrons. The number of hydrogen-bond acceptors (Lipinski definition) is 2. The largest absolute Gasteiger partial charge is 0.508 e. The molecule has 2 heteroatoms. The van der Waals surface area contributed by atoms with Gasteiger partial charge in [-0.2, -0.15) is 0 Å². The van der Waals surface area contributed by atoms with Gasteiger partial charge in [0.25, 0.3) is 0 Å². The summed E-state index contributed by atoms with van der Waals surface area (Å²) < 4.78 is 0. The Morgan fingerprint density at radius 2 is 1.81 bits per heavy atom. The third kappa shape index (κ3) is 2.48. The van der Waals surface area contributed by atoms with Crippen LogP contribution in [-0.4, -0.2) is 11.3 Å². The fraction of sp³-hybridized carbons (Fsp3) is 0.0714. The molecule has 0 saturated carbocycles. The van der Waals surface area contributed by atoms with Crippen molar-refractivity contribution < 1.29 is 5.11 Å². The van der Waals surface area contributed by atoms with Crippen LogP contribution in [0.4, 0.5) is 5.69 Å². The maximum atomic E-state index is 9.52. The van der Waals surface area contributed by atoms with Crippen molar-refractivity contribution in [2.75, 3.05) is 0 Å². The van der Waals surface area contributed by atoms with Gasteiger partial charge in [-0.1, -0.05) is 36.4 Å². The van der Waals surface area contributed by atoms with Crippen LogP contribution in [0.1, 0.15) is 11.1 Å². The molecule has 1 N–H and O–H groups in total. The highest BCUT2D eigenvalue weighted by Crippen LogP contribution is 2.22. The van der Waals surface area contributed by atoms with Gasteiger partial charge < -0.3 is 5.11 Å². The quantitative estimate of drug-likeness (QED) is 0.758. The SMILES string of the molecule is Cc1ccc(N=Cc2ccccc2)cc1O. The Labute approximate surface area is 94.9 Å². The molecule has 0 bridgehead atoms. The van der Waals surface area contributed by atoms with Crippen LogP contribution < -0.4 is 0 Å². The molecular formula is C14H13NO. The Morgan fingerprint density at radius 1 is 1.06 bits per heavy atom. The number of aliphatic imine (C=N–C) groups is 1. The summed E-state index contributed by atoms with van der Waals surface area (Å²) in [6.45, 7) is 1.86. The van der Waals surface area contributed by atoms with Crippen LogP contribution in [0.3, 0.4) is 0 Å². The van der Waals surface area contributed by atoms with Crippen LogP contribution in [0.2, 0.25) is 0 Å². The molecule has 0 spiro atoms. The summed E-state index contributed by atoms with van der Waals surface area (Å²) in [4.78, 5) is 4.29. The summed E-state index contributed by atoms with van der Waals surface area (Å²) in [5, 5.41) is 9.52. The minimum Gasteiger partial charge on any atom is -0.508 e. The minimum absolute atomic E-state index is 0.280. The summed E-state index contributed by atoms with van der Waals surface area (Å²) in [6, 6.07) is 15.3. The molecule has 0 radical (unpaired) electrons. The van der Waals surface area contributed by atoms with E-state index in [1.54, 1.807) is 12.3 Å². The first-order chi connectivity index (χ1) is 7.75. The Bertz CT molecular complexity index is 503.